The van der Waals surface area contributed by atoms with Gasteiger partial charge >= 0.3 is 0 Å². The first-order valence-electron chi connectivity index (χ1n) is 11.5. The lowest BCUT2D eigenvalue weighted by atomic mass is 9.73. The highest BCUT2D eigenvalue weighted by Crippen LogP contribution is 2.51. The van der Waals surface area contributed by atoms with E-state index in [-0.39, 0.29) is 22.8 Å². The van der Waals surface area contributed by atoms with Gasteiger partial charge in [0.05, 0.1) is 5.39 Å². The second kappa shape index (κ2) is 8.25. The fourth-order valence-electron chi connectivity index (χ4n) is 5.50. The molecule has 0 radical (unpaired) electrons. The third-order valence-electron chi connectivity index (χ3n) is 7.48. The van der Waals surface area contributed by atoms with E-state index in [1.807, 2.05) is 0 Å². The number of hydrogen-bond donors (Lipinski definition) is 3. The van der Waals surface area contributed by atoms with E-state index in [0.29, 0.717) is 27.0 Å². The highest BCUT2D eigenvalue weighted by molar-refractivity contribution is 7.99. The molecule has 1 atom stereocenters. The van der Waals surface area contributed by atoms with Crippen LogP contribution < -0.4 is 21.9 Å². The number of piperidine rings is 1. The lowest BCUT2D eigenvalue weighted by Crippen LogP contribution is -2.46. The third kappa shape index (κ3) is 3.50. The lowest BCUT2D eigenvalue weighted by Gasteiger charge is -2.42. The van der Waals surface area contributed by atoms with E-state index >= 15 is 0 Å². The summed E-state index contributed by atoms with van der Waals surface area (Å²) in [6.07, 6.45) is 4.50. The topological polar surface area (TPSA) is 132 Å². The van der Waals surface area contributed by atoms with E-state index in [0.717, 1.165) is 37.2 Å². The zero-order valence-electron chi connectivity index (χ0n) is 19.2. The maximum atomic E-state index is 13.4. The Labute approximate surface area is 210 Å². The standard InChI is InChI=1S/C24H25ClN8OS/c1-32-22(34)17(35-15-6-9-28-21-16(15)19(25)30-31-21)20(27)29-23(32)33-10-7-24(8-11-33)12-13-4-2-3-5-14(13)18(24)26/h2-6,9,18H,7-8,10-12,26-27H2,1H3,(H,28,30,31)/t18-/m1/s1. The quantitative estimate of drug-likeness (QED) is 0.384. The van der Waals surface area contributed by atoms with Crippen molar-refractivity contribution in [2.75, 3.05) is 23.7 Å². The van der Waals surface area contributed by atoms with Gasteiger partial charge in [0.15, 0.2) is 10.8 Å². The predicted octanol–water partition coefficient (Wildman–Crippen LogP) is 3.28. The second-order valence-corrected chi connectivity index (χ2v) is 10.8. The van der Waals surface area contributed by atoms with Gasteiger partial charge in [-0.25, -0.2) is 4.98 Å². The van der Waals surface area contributed by atoms with Crippen LogP contribution in [0.25, 0.3) is 11.0 Å². The molecule has 1 spiro atoms. The van der Waals surface area contributed by atoms with Gasteiger partial charge in [-0.3, -0.25) is 14.5 Å². The van der Waals surface area contributed by atoms with Crippen molar-refractivity contribution in [3.8, 4) is 0 Å². The number of fused-ring (bicyclic) bond motifs is 2. The van der Waals surface area contributed by atoms with Crippen molar-refractivity contribution in [1.82, 2.24) is 24.7 Å². The molecule has 11 heteroatoms. The summed E-state index contributed by atoms with van der Waals surface area (Å²) in [7, 11) is 1.74. The molecule has 1 fully saturated rings. The number of H-pyrrole nitrogens is 1. The normalized spacial score (nSPS) is 18.9. The minimum absolute atomic E-state index is 0.0356. The van der Waals surface area contributed by atoms with Crippen molar-refractivity contribution >= 4 is 46.2 Å². The van der Waals surface area contributed by atoms with Gasteiger partial charge in [0, 0.05) is 37.3 Å². The highest BCUT2D eigenvalue weighted by Gasteiger charge is 2.46. The molecule has 180 valence electrons. The molecule has 1 aliphatic heterocycles. The first kappa shape index (κ1) is 22.4. The zero-order valence-corrected chi connectivity index (χ0v) is 20.7. The fraction of sp³-hybridized carbons (Fsp3) is 0.333. The Morgan fingerprint density at radius 2 is 2.00 bits per heavy atom. The molecule has 2 aliphatic rings. The number of benzene rings is 1. The van der Waals surface area contributed by atoms with Gasteiger partial charge in [0.2, 0.25) is 5.95 Å². The van der Waals surface area contributed by atoms with Crippen LogP contribution in [-0.4, -0.2) is 37.8 Å². The molecule has 1 aliphatic carbocycles. The van der Waals surface area contributed by atoms with Crippen LogP contribution in [0.2, 0.25) is 5.15 Å². The molecule has 3 aromatic heterocycles. The van der Waals surface area contributed by atoms with E-state index < -0.39 is 0 Å². The Balaban J connectivity index is 1.27. The minimum atomic E-state index is -0.202. The van der Waals surface area contributed by atoms with E-state index in [2.05, 4.69) is 49.3 Å². The van der Waals surface area contributed by atoms with E-state index in [4.69, 9.17) is 23.1 Å². The Hall–Kier alpha value is -3.08. The summed E-state index contributed by atoms with van der Waals surface area (Å²) in [5, 5.41) is 7.74. The number of nitrogens with zero attached hydrogens (tertiary/aromatic N) is 5. The predicted molar refractivity (Wildman–Crippen MR) is 138 cm³/mol. The average molecular weight is 509 g/mol. The second-order valence-electron chi connectivity index (χ2n) is 9.34. The van der Waals surface area contributed by atoms with Crippen LogP contribution in [0.1, 0.15) is 30.0 Å². The molecular weight excluding hydrogens is 484 g/mol. The van der Waals surface area contributed by atoms with Crippen LogP contribution in [-0.2, 0) is 13.5 Å². The van der Waals surface area contributed by atoms with Crippen LogP contribution in [0.15, 0.2) is 51.1 Å². The summed E-state index contributed by atoms with van der Waals surface area (Å²) in [6.45, 7) is 1.53. The monoisotopic (exact) mass is 508 g/mol. The molecule has 0 amide bonds. The molecule has 4 heterocycles. The summed E-state index contributed by atoms with van der Waals surface area (Å²) in [5.41, 5.74) is 16.1. The number of halogens is 1. The SMILES string of the molecule is Cn1c(N2CCC3(CC2)Cc2ccccc2[C@H]3N)nc(N)c(Sc2ccnc3[nH]nc(Cl)c23)c1=O. The lowest BCUT2D eigenvalue weighted by molar-refractivity contribution is 0.186. The van der Waals surface area contributed by atoms with Crippen molar-refractivity contribution in [2.45, 2.75) is 35.1 Å². The summed E-state index contributed by atoms with van der Waals surface area (Å²) >= 11 is 7.46. The Morgan fingerprint density at radius 3 is 2.77 bits per heavy atom. The number of nitrogen functional groups attached to an aromatic ring is 1. The number of aromatic nitrogens is 5. The van der Waals surface area contributed by atoms with Gasteiger partial charge in [-0.2, -0.15) is 10.1 Å². The van der Waals surface area contributed by atoms with Crippen LogP contribution in [0.4, 0.5) is 11.8 Å². The van der Waals surface area contributed by atoms with Gasteiger partial charge in [-0.05, 0) is 41.9 Å². The van der Waals surface area contributed by atoms with E-state index in [1.165, 1.54) is 22.9 Å². The Bertz CT molecular complexity index is 1510. The number of nitrogens with two attached hydrogens (primary N) is 2. The van der Waals surface area contributed by atoms with Crippen molar-refractivity contribution in [1.29, 1.82) is 0 Å². The molecule has 1 saturated heterocycles. The number of hydrogen-bond acceptors (Lipinski definition) is 8. The van der Waals surface area contributed by atoms with Crippen LogP contribution in [0.5, 0.6) is 0 Å². The largest absolute Gasteiger partial charge is 0.382 e. The minimum Gasteiger partial charge on any atom is -0.382 e. The molecule has 9 nitrogen and oxygen atoms in total. The van der Waals surface area contributed by atoms with Gasteiger partial charge < -0.3 is 16.4 Å². The third-order valence-corrected chi connectivity index (χ3v) is 8.90. The van der Waals surface area contributed by atoms with Crippen LogP contribution >= 0.6 is 23.4 Å². The smallest absolute Gasteiger partial charge is 0.270 e. The molecule has 4 aromatic rings. The van der Waals surface area contributed by atoms with Gasteiger partial charge in [0.1, 0.15) is 10.7 Å². The summed E-state index contributed by atoms with van der Waals surface area (Å²) < 4.78 is 1.58. The highest BCUT2D eigenvalue weighted by atomic mass is 35.5. The van der Waals surface area contributed by atoms with Crippen molar-refractivity contribution in [2.24, 2.45) is 18.2 Å². The number of anilines is 2. The molecular formula is C24H25ClN8OS. The maximum absolute atomic E-state index is 13.4. The van der Waals surface area contributed by atoms with Crippen LogP contribution in [0.3, 0.4) is 0 Å². The van der Waals surface area contributed by atoms with Crippen molar-refractivity contribution < 1.29 is 0 Å². The molecule has 5 N–H and O–H groups in total. The molecule has 6 rings (SSSR count). The van der Waals surface area contributed by atoms with Gasteiger partial charge in [-0.1, -0.05) is 47.6 Å². The number of nitrogens with one attached hydrogen (secondary N) is 1. The maximum Gasteiger partial charge on any atom is 0.270 e. The fourth-order valence-corrected chi connectivity index (χ4v) is 6.81. The zero-order chi connectivity index (χ0) is 24.3. The molecule has 0 unspecified atom stereocenters. The first-order valence-corrected chi connectivity index (χ1v) is 12.7. The van der Waals surface area contributed by atoms with Gasteiger partial charge in [0.25, 0.3) is 5.56 Å². The van der Waals surface area contributed by atoms with E-state index in [1.54, 1.807) is 23.9 Å². The van der Waals surface area contributed by atoms with E-state index in [9.17, 15) is 4.79 Å². The summed E-state index contributed by atoms with van der Waals surface area (Å²) in [6, 6.07) is 10.3. The van der Waals surface area contributed by atoms with Crippen molar-refractivity contribution in [3.63, 3.8) is 0 Å². The Morgan fingerprint density at radius 1 is 1.23 bits per heavy atom. The average Bonchev–Trinajstić information content (AvgIpc) is 3.38. The molecule has 35 heavy (non-hydrogen) atoms. The molecule has 1 aromatic carbocycles. The first-order chi connectivity index (χ1) is 16.9. The number of rotatable bonds is 3. The number of aromatic amines is 1. The van der Waals surface area contributed by atoms with Crippen LogP contribution in [0, 0.1) is 5.41 Å². The Kier molecular flexibility index (Phi) is 5.28. The molecule has 0 bridgehead atoms. The number of pyridine rings is 1. The van der Waals surface area contributed by atoms with Crippen molar-refractivity contribution in [3.05, 3.63) is 63.2 Å². The van der Waals surface area contributed by atoms with Gasteiger partial charge in [-0.15, -0.1) is 0 Å². The summed E-state index contributed by atoms with van der Waals surface area (Å²) in [4.78, 5) is 25.5. The molecule has 0 saturated carbocycles. The summed E-state index contributed by atoms with van der Waals surface area (Å²) in [5.74, 6) is 0.778.